The second-order valence-corrected chi connectivity index (χ2v) is 9.48. The molecule has 0 saturated carbocycles. The van der Waals surface area contributed by atoms with Crippen molar-refractivity contribution in [2.75, 3.05) is 39.3 Å². The van der Waals surface area contributed by atoms with E-state index in [9.17, 15) is 19.5 Å². The van der Waals surface area contributed by atoms with Crippen LogP contribution < -0.4 is 21.1 Å². The summed E-state index contributed by atoms with van der Waals surface area (Å²) in [5.74, 6) is -2.83. The van der Waals surface area contributed by atoms with Crippen molar-refractivity contribution in [3.05, 3.63) is 65.5 Å². The third kappa shape index (κ3) is 5.30. The van der Waals surface area contributed by atoms with Gasteiger partial charge in [-0.1, -0.05) is 25.1 Å². The second-order valence-electron chi connectivity index (χ2n) is 9.48. The molecule has 4 rings (SSSR count). The number of nitrogen functional groups attached to an aromatic ring is 1. The van der Waals surface area contributed by atoms with Crippen LogP contribution in [0.5, 0.6) is 5.75 Å². The van der Waals surface area contributed by atoms with Crippen LogP contribution in [0.2, 0.25) is 0 Å². The number of hydrogen-bond acceptors (Lipinski definition) is 7. The van der Waals surface area contributed by atoms with Crippen molar-refractivity contribution < 1.29 is 28.6 Å². The predicted octanol–water partition coefficient (Wildman–Crippen LogP) is 0.479. The van der Waals surface area contributed by atoms with E-state index in [4.69, 9.17) is 15.9 Å². The Bertz CT molecular complexity index is 1240. The minimum atomic E-state index is -1.93. The van der Waals surface area contributed by atoms with Gasteiger partial charge in [0.1, 0.15) is 29.0 Å². The Labute approximate surface area is 225 Å². The molecule has 0 bridgehead atoms. The van der Waals surface area contributed by atoms with Gasteiger partial charge in [0, 0.05) is 37.3 Å². The number of benzene rings is 2. The van der Waals surface area contributed by atoms with Gasteiger partial charge < -0.3 is 36.0 Å². The van der Waals surface area contributed by atoms with E-state index < -0.39 is 41.3 Å². The van der Waals surface area contributed by atoms with Gasteiger partial charge in [-0.05, 0) is 36.8 Å². The van der Waals surface area contributed by atoms with Crippen LogP contribution in [0, 0.1) is 11.2 Å². The van der Waals surface area contributed by atoms with E-state index in [2.05, 4.69) is 10.6 Å². The zero-order valence-corrected chi connectivity index (χ0v) is 21.7. The highest BCUT2D eigenvalue weighted by Crippen LogP contribution is 2.43. The molecular formula is C27H33FN6O5. The molecule has 3 atom stereocenters. The molecule has 2 aliphatic rings. The van der Waals surface area contributed by atoms with E-state index in [1.54, 1.807) is 37.3 Å². The molecule has 0 radical (unpaired) electrons. The van der Waals surface area contributed by atoms with Gasteiger partial charge in [0.2, 0.25) is 11.8 Å². The van der Waals surface area contributed by atoms with Crippen LogP contribution in [-0.2, 0) is 19.9 Å². The zero-order chi connectivity index (χ0) is 28.2. The summed E-state index contributed by atoms with van der Waals surface area (Å²) in [6.07, 6.45) is -0.923. The largest absolute Gasteiger partial charge is 0.488 e. The van der Waals surface area contributed by atoms with Gasteiger partial charge in [-0.2, -0.15) is 0 Å². The first-order valence-electron chi connectivity index (χ1n) is 12.8. The van der Waals surface area contributed by atoms with Gasteiger partial charge in [-0.3, -0.25) is 15.0 Å². The molecular weight excluding hydrogens is 507 g/mol. The molecule has 2 aliphatic heterocycles. The lowest BCUT2D eigenvalue weighted by molar-refractivity contribution is -0.173. The first-order chi connectivity index (χ1) is 18.7. The third-order valence-electron chi connectivity index (χ3n) is 7.24. The maximum Gasteiger partial charge on any atom is 0.329 e. The monoisotopic (exact) mass is 540 g/mol. The average molecular weight is 541 g/mol. The Morgan fingerprint density at radius 1 is 1.10 bits per heavy atom. The summed E-state index contributed by atoms with van der Waals surface area (Å²) in [6.45, 7) is 2.39. The second kappa shape index (κ2) is 11.8. The number of nitrogens with one attached hydrogen (secondary N) is 3. The quantitative estimate of drug-likeness (QED) is 0.215. The number of piperazine rings is 2. The molecule has 0 spiro atoms. The van der Waals surface area contributed by atoms with Gasteiger partial charge in [0.25, 0.3) is 0 Å². The molecule has 2 aromatic carbocycles. The Kier molecular flexibility index (Phi) is 8.46. The van der Waals surface area contributed by atoms with Crippen molar-refractivity contribution in [3.63, 3.8) is 0 Å². The Morgan fingerprint density at radius 3 is 2.31 bits per heavy atom. The van der Waals surface area contributed by atoms with Crippen LogP contribution in [0.15, 0.2) is 48.5 Å². The van der Waals surface area contributed by atoms with E-state index in [0.29, 0.717) is 24.4 Å². The number of carbonyl (C=O) groups is 3. The van der Waals surface area contributed by atoms with Crippen LogP contribution in [0.3, 0.4) is 0 Å². The fraction of sp³-hybridized carbons (Fsp3) is 0.407. The maximum atomic E-state index is 15.9. The van der Waals surface area contributed by atoms with Crippen LogP contribution in [0.1, 0.15) is 24.5 Å². The average Bonchev–Trinajstić information content (AvgIpc) is 2.92. The van der Waals surface area contributed by atoms with Crippen LogP contribution in [-0.4, -0.2) is 89.9 Å². The van der Waals surface area contributed by atoms with Crippen molar-refractivity contribution in [1.82, 2.24) is 20.4 Å². The summed E-state index contributed by atoms with van der Waals surface area (Å²) < 4.78 is 22.3. The number of rotatable bonds is 10. The molecule has 12 heteroatoms. The lowest BCUT2D eigenvalue weighted by Gasteiger charge is -2.55. The lowest BCUT2D eigenvalue weighted by Crippen LogP contribution is -2.74. The summed E-state index contributed by atoms with van der Waals surface area (Å²) in [7, 11) is 0. The fourth-order valence-corrected chi connectivity index (χ4v) is 5.56. The summed E-state index contributed by atoms with van der Waals surface area (Å²) >= 11 is 0. The molecule has 39 heavy (non-hydrogen) atoms. The fourth-order valence-electron chi connectivity index (χ4n) is 5.56. The van der Waals surface area contributed by atoms with Gasteiger partial charge >= 0.3 is 5.97 Å². The molecule has 2 aromatic rings. The molecule has 2 saturated heterocycles. The SMILES string of the molecule is CCC(Oc1ccc(C(=N)N)cc1)C(c1ccccc1F)(C(C(=O)O)N1CCNCC1=O)N1CCNCC1=O. The zero-order valence-electron chi connectivity index (χ0n) is 21.7. The number of carboxylic acids is 1. The van der Waals surface area contributed by atoms with Crippen molar-refractivity contribution in [3.8, 4) is 5.75 Å². The minimum absolute atomic E-state index is 0.0498. The number of carbonyl (C=O) groups excluding carboxylic acids is 2. The van der Waals surface area contributed by atoms with Gasteiger partial charge in [-0.15, -0.1) is 0 Å². The number of hydrogen-bond donors (Lipinski definition) is 5. The number of amides is 2. The van der Waals surface area contributed by atoms with Crippen molar-refractivity contribution in [2.45, 2.75) is 31.0 Å². The highest BCUT2D eigenvalue weighted by atomic mass is 19.1. The minimum Gasteiger partial charge on any atom is -0.488 e. The Hall–Kier alpha value is -4.03. The van der Waals surface area contributed by atoms with E-state index in [0.717, 1.165) is 0 Å². The smallest absolute Gasteiger partial charge is 0.329 e. The number of nitrogens with zero attached hydrogens (tertiary/aromatic N) is 2. The van der Waals surface area contributed by atoms with E-state index in [-0.39, 0.29) is 44.0 Å². The Morgan fingerprint density at radius 2 is 1.74 bits per heavy atom. The first-order valence-corrected chi connectivity index (χ1v) is 12.8. The van der Waals surface area contributed by atoms with Crippen molar-refractivity contribution in [1.29, 1.82) is 5.41 Å². The number of aliphatic carboxylic acids is 1. The van der Waals surface area contributed by atoms with E-state index in [1.165, 1.54) is 28.0 Å². The van der Waals surface area contributed by atoms with Crippen molar-refractivity contribution in [2.24, 2.45) is 5.73 Å². The first kappa shape index (κ1) is 28.0. The molecule has 0 aliphatic carbocycles. The highest BCUT2D eigenvalue weighted by molar-refractivity contribution is 5.95. The van der Waals surface area contributed by atoms with E-state index in [1.807, 2.05) is 0 Å². The van der Waals surface area contributed by atoms with Gasteiger partial charge in [0.05, 0.1) is 13.1 Å². The standard InChI is InChI=1S/C27H33FN6O5/c1-2-21(39-18-9-7-17(8-10-18)25(29)30)27(19-5-3-4-6-20(19)28,34-14-12-32-16-23(34)36)24(26(37)38)33-13-11-31-15-22(33)35/h3-10,21,24,31-32H,2,11-16H2,1H3,(H3,29,30)(H,37,38). The molecule has 3 unspecified atom stereocenters. The summed E-state index contributed by atoms with van der Waals surface area (Å²) in [5, 5.41) is 24.3. The lowest BCUT2D eigenvalue weighted by atomic mass is 9.73. The van der Waals surface area contributed by atoms with Crippen LogP contribution in [0.25, 0.3) is 0 Å². The highest BCUT2D eigenvalue weighted by Gasteiger charge is 2.61. The van der Waals surface area contributed by atoms with E-state index >= 15 is 4.39 Å². The Balaban J connectivity index is 1.99. The van der Waals surface area contributed by atoms with Crippen LogP contribution >= 0.6 is 0 Å². The van der Waals surface area contributed by atoms with Gasteiger partial charge in [0.15, 0.2) is 6.04 Å². The number of ether oxygens (including phenoxy) is 1. The summed E-state index contributed by atoms with van der Waals surface area (Å²) in [6, 6.07) is 10.4. The topological polar surface area (TPSA) is 161 Å². The number of nitrogens with two attached hydrogens (primary N) is 1. The van der Waals surface area contributed by atoms with Crippen LogP contribution in [0.4, 0.5) is 4.39 Å². The molecule has 11 nitrogen and oxygen atoms in total. The molecule has 2 fully saturated rings. The molecule has 0 aromatic heterocycles. The summed E-state index contributed by atoms with van der Waals surface area (Å²) in [4.78, 5) is 42.5. The predicted molar refractivity (Wildman–Crippen MR) is 141 cm³/mol. The molecule has 2 amide bonds. The number of halogens is 1. The maximum absolute atomic E-state index is 15.9. The normalized spacial score (nSPS) is 19.2. The number of amidine groups is 1. The number of carboxylic acid groups (broad SMARTS) is 1. The molecule has 208 valence electrons. The molecule has 6 N–H and O–H groups in total. The molecule has 2 heterocycles. The van der Waals surface area contributed by atoms with Gasteiger partial charge in [-0.25, -0.2) is 9.18 Å². The van der Waals surface area contributed by atoms with Crippen molar-refractivity contribution >= 4 is 23.6 Å². The third-order valence-corrected chi connectivity index (χ3v) is 7.24. The summed E-state index contributed by atoms with van der Waals surface area (Å²) in [5.41, 5.74) is 4.06.